The molecule has 0 bridgehead atoms. The second-order valence-electron chi connectivity index (χ2n) is 5.15. The van der Waals surface area contributed by atoms with E-state index in [1.54, 1.807) is 7.11 Å². The average Bonchev–Trinajstić information content (AvgIpc) is 2.38. The number of thioether (sulfide) groups is 1. The van der Waals surface area contributed by atoms with Crippen LogP contribution in [0.2, 0.25) is 0 Å². The Balaban J connectivity index is 2.53. The van der Waals surface area contributed by atoms with E-state index in [0.29, 0.717) is 6.04 Å². The fourth-order valence-corrected chi connectivity index (χ4v) is 2.78. The predicted octanol–water partition coefficient (Wildman–Crippen LogP) is 3.87. The first-order valence-corrected chi connectivity index (χ1v) is 7.42. The van der Waals surface area contributed by atoms with Crippen LogP contribution in [-0.4, -0.2) is 25.5 Å². The van der Waals surface area contributed by atoms with Gasteiger partial charge in [-0.25, -0.2) is 0 Å². The highest BCUT2D eigenvalue weighted by molar-refractivity contribution is 7.99. The first kappa shape index (κ1) is 15.5. The van der Waals surface area contributed by atoms with Gasteiger partial charge in [-0.15, -0.1) is 11.8 Å². The van der Waals surface area contributed by atoms with Gasteiger partial charge in [0.05, 0.1) is 5.60 Å². The van der Waals surface area contributed by atoms with E-state index in [1.807, 2.05) is 18.8 Å². The molecule has 0 spiro atoms. The fraction of sp³-hybridized carbons (Fsp3) is 0.600. The van der Waals surface area contributed by atoms with Crippen molar-refractivity contribution in [3.05, 3.63) is 29.8 Å². The Hall–Kier alpha value is -0.510. The minimum atomic E-state index is -0.0249. The molecule has 1 aromatic carbocycles. The SMILES string of the molecule is CNC(C)c1cccc(SCCC(C)(C)OC)c1. The molecule has 1 aromatic rings. The van der Waals surface area contributed by atoms with Gasteiger partial charge in [-0.2, -0.15) is 0 Å². The van der Waals surface area contributed by atoms with Crippen LogP contribution in [0.25, 0.3) is 0 Å². The molecular formula is C15H25NOS. The molecule has 0 saturated carbocycles. The van der Waals surface area contributed by atoms with Crippen molar-refractivity contribution in [1.29, 1.82) is 0 Å². The van der Waals surface area contributed by atoms with E-state index in [-0.39, 0.29) is 5.60 Å². The first-order chi connectivity index (χ1) is 8.48. The molecule has 102 valence electrons. The van der Waals surface area contributed by atoms with E-state index >= 15 is 0 Å². The van der Waals surface area contributed by atoms with E-state index in [9.17, 15) is 0 Å². The third kappa shape index (κ3) is 5.01. The van der Waals surface area contributed by atoms with Crippen molar-refractivity contribution in [3.63, 3.8) is 0 Å². The molecule has 3 heteroatoms. The number of hydrogen-bond acceptors (Lipinski definition) is 3. The molecular weight excluding hydrogens is 242 g/mol. The summed E-state index contributed by atoms with van der Waals surface area (Å²) in [5.41, 5.74) is 1.32. The summed E-state index contributed by atoms with van der Waals surface area (Å²) in [5, 5.41) is 3.27. The molecule has 1 rings (SSSR count). The normalized spacial score (nSPS) is 13.6. The quantitative estimate of drug-likeness (QED) is 0.758. The van der Waals surface area contributed by atoms with Crippen LogP contribution in [0, 0.1) is 0 Å². The number of ether oxygens (including phenoxy) is 1. The highest BCUT2D eigenvalue weighted by Crippen LogP contribution is 2.25. The van der Waals surface area contributed by atoms with Crippen LogP contribution < -0.4 is 5.32 Å². The van der Waals surface area contributed by atoms with Crippen molar-refractivity contribution in [2.75, 3.05) is 19.9 Å². The predicted molar refractivity (Wildman–Crippen MR) is 80.3 cm³/mol. The van der Waals surface area contributed by atoms with E-state index in [2.05, 4.69) is 50.4 Å². The zero-order valence-corrected chi connectivity index (χ0v) is 12.9. The van der Waals surface area contributed by atoms with E-state index < -0.39 is 0 Å². The third-order valence-corrected chi connectivity index (χ3v) is 4.31. The van der Waals surface area contributed by atoms with Crippen molar-refractivity contribution < 1.29 is 4.74 Å². The lowest BCUT2D eigenvalue weighted by molar-refractivity contribution is 0.0207. The number of nitrogens with one attached hydrogen (secondary N) is 1. The maximum Gasteiger partial charge on any atom is 0.0630 e. The van der Waals surface area contributed by atoms with Crippen LogP contribution in [0.3, 0.4) is 0 Å². The average molecular weight is 267 g/mol. The highest BCUT2D eigenvalue weighted by atomic mass is 32.2. The molecule has 1 N–H and O–H groups in total. The van der Waals surface area contributed by atoms with E-state index in [0.717, 1.165) is 12.2 Å². The van der Waals surface area contributed by atoms with E-state index in [4.69, 9.17) is 4.74 Å². The van der Waals surface area contributed by atoms with Gasteiger partial charge in [-0.1, -0.05) is 12.1 Å². The van der Waals surface area contributed by atoms with Gasteiger partial charge in [0.2, 0.25) is 0 Å². The Morgan fingerprint density at radius 1 is 1.39 bits per heavy atom. The molecule has 0 heterocycles. The molecule has 1 atom stereocenters. The molecule has 2 nitrogen and oxygen atoms in total. The Bertz CT molecular complexity index is 365. The largest absolute Gasteiger partial charge is 0.379 e. The van der Waals surface area contributed by atoms with Gasteiger partial charge in [0.15, 0.2) is 0 Å². The number of benzene rings is 1. The smallest absolute Gasteiger partial charge is 0.0630 e. The van der Waals surface area contributed by atoms with Crippen LogP contribution >= 0.6 is 11.8 Å². The van der Waals surface area contributed by atoms with Gasteiger partial charge in [-0.3, -0.25) is 0 Å². The Morgan fingerprint density at radius 2 is 2.11 bits per heavy atom. The minimum absolute atomic E-state index is 0.0249. The maximum atomic E-state index is 5.43. The van der Waals surface area contributed by atoms with Crippen molar-refractivity contribution in [2.45, 2.75) is 43.7 Å². The van der Waals surface area contributed by atoms with Crippen molar-refractivity contribution in [2.24, 2.45) is 0 Å². The molecule has 0 aliphatic carbocycles. The fourth-order valence-electron chi connectivity index (χ4n) is 1.56. The second-order valence-corrected chi connectivity index (χ2v) is 6.31. The van der Waals surface area contributed by atoms with Crippen molar-refractivity contribution >= 4 is 11.8 Å². The van der Waals surface area contributed by atoms with Crippen LogP contribution in [0.15, 0.2) is 29.2 Å². The number of hydrogen-bond donors (Lipinski definition) is 1. The maximum absolute atomic E-state index is 5.43. The van der Waals surface area contributed by atoms with Gasteiger partial charge in [0.25, 0.3) is 0 Å². The zero-order chi connectivity index (χ0) is 13.6. The van der Waals surface area contributed by atoms with Gasteiger partial charge in [0, 0.05) is 23.8 Å². The zero-order valence-electron chi connectivity index (χ0n) is 12.1. The molecule has 0 aromatic heterocycles. The molecule has 0 amide bonds. The molecule has 18 heavy (non-hydrogen) atoms. The second kappa shape index (κ2) is 7.17. The Morgan fingerprint density at radius 3 is 2.72 bits per heavy atom. The summed E-state index contributed by atoms with van der Waals surface area (Å²) in [6.45, 7) is 6.44. The summed E-state index contributed by atoms with van der Waals surface area (Å²) in [6.07, 6.45) is 1.06. The van der Waals surface area contributed by atoms with Crippen LogP contribution in [0.5, 0.6) is 0 Å². The van der Waals surface area contributed by atoms with Gasteiger partial charge < -0.3 is 10.1 Å². The molecule has 0 saturated heterocycles. The van der Waals surface area contributed by atoms with Gasteiger partial charge in [0.1, 0.15) is 0 Å². The number of rotatable bonds is 7. The summed E-state index contributed by atoms with van der Waals surface area (Å²) < 4.78 is 5.43. The Kier molecular flexibility index (Phi) is 6.19. The first-order valence-electron chi connectivity index (χ1n) is 6.43. The summed E-state index contributed by atoms with van der Waals surface area (Å²) in [7, 11) is 3.77. The molecule has 0 aliphatic heterocycles. The standard InChI is InChI=1S/C15H25NOS/c1-12(16-4)13-7-6-8-14(11-13)18-10-9-15(2,3)17-5/h6-8,11-12,16H,9-10H2,1-5H3. The lowest BCUT2D eigenvalue weighted by Crippen LogP contribution is -2.22. The topological polar surface area (TPSA) is 21.3 Å². The lowest BCUT2D eigenvalue weighted by atomic mass is 10.1. The monoisotopic (exact) mass is 267 g/mol. The van der Waals surface area contributed by atoms with E-state index in [1.165, 1.54) is 10.5 Å². The summed E-state index contributed by atoms with van der Waals surface area (Å²) >= 11 is 1.90. The van der Waals surface area contributed by atoms with Gasteiger partial charge in [-0.05, 0) is 51.9 Å². The third-order valence-electron chi connectivity index (χ3n) is 3.32. The number of methoxy groups -OCH3 is 1. The van der Waals surface area contributed by atoms with Gasteiger partial charge >= 0.3 is 0 Å². The Labute approximate surface area is 116 Å². The lowest BCUT2D eigenvalue weighted by Gasteiger charge is -2.22. The highest BCUT2D eigenvalue weighted by Gasteiger charge is 2.15. The summed E-state index contributed by atoms with van der Waals surface area (Å²) in [6, 6.07) is 9.15. The summed E-state index contributed by atoms with van der Waals surface area (Å²) in [4.78, 5) is 1.33. The molecule has 1 unspecified atom stereocenters. The van der Waals surface area contributed by atoms with Crippen LogP contribution in [0.4, 0.5) is 0 Å². The van der Waals surface area contributed by atoms with Crippen LogP contribution in [-0.2, 0) is 4.74 Å². The minimum Gasteiger partial charge on any atom is -0.379 e. The molecule has 0 radical (unpaired) electrons. The van der Waals surface area contributed by atoms with Crippen LogP contribution in [0.1, 0.15) is 38.8 Å². The summed E-state index contributed by atoms with van der Waals surface area (Å²) in [5.74, 6) is 1.08. The molecule has 0 aliphatic rings. The van der Waals surface area contributed by atoms with Crippen molar-refractivity contribution in [1.82, 2.24) is 5.32 Å². The van der Waals surface area contributed by atoms with Crippen molar-refractivity contribution in [3.8, 4) is 0 Å². The molecule has 0 fully saturated rings.